The molecular weight excluding hydrogens is 554 g/mol. The highest BCUT2D eigenvalue weighted by molar-refractivity contribution is 7.10. The number of alkyl halides is 4. The van der Waals surface area contributed by atoms with Gasteiger partial charge in [-0.15, -0.1) is 11.3 Å². The molecule has 0 aliphatic rings. The summed E-state index contributed by atoms with van der Waals surface area (Å²) in [6.45, 7) is 2.23. The number of pyridine rings is 2. The standard InChI is InChI=1S/C31H33F4N3O2S/c1-30(2,26-7-6-16-41-26)31(3,4)37-27-11-9-22(19-36-27)23(17-20-12-14-38(5)15-13-20)21-8-10-24(39-28(32)33)25(18-21)40-29(34)35/h6-16,18-19,23,28-29H,5,17H2,1-4H3,(H,36,37). The second-order valence-corrected chi connectivity index (χ2v) is 11.7. The number of halogens is 4. The molecule has 0 saturated carbocycles. The Morgan fingerprint density at radius 3 is 2.15 bits per heavy atom. The number of anilines is 1. The molecule has 5 nitrogen and oxygen atoms in total. The number of hydrogen-bond acceptors (Lipinski definition) is 5. The van der Waals surface area contributed by atoms with E-state index in [1.807, 2.05) is 30.3 Å². The fraction of sp³-hybridized carbons (Fsp3) is 0.323. The molecule has 0 fully saturated rings. The van der Waals surface area contributed by atoms with Crippen LogP contribution in [0.5, 0.6) is 11.5 Å². The van der Waals surface area contributed by atoms with Crippen molar-refractivity contribution in [3.05, 3.63) is 107 Å². The predicted octanol–water partition coefficient (Wildman–Crippen LogP) is 7.82. The van der Waals surface area contributed by atoms with Gasteiger partial charge in [0.1, 0.15) is 5.82 Å². The minimum Gasteiger partial charge on any atom is -0.431 e. The van der Waals surface area contributed by atoms with Crippen LogP contribution in [0.1, 0.15) is 55.2 Å². The van der Waals surface area contributed by atoms with Crippen molar-refractivity contribution in [1.82, 2.24) is 4.98 Å². The third-order valence-electron chi connectivity index (χ3n) is 7.53. The van der Waals surface area contributed by atoms with Crippen molar-refractivity contribution in [1.29, 1.82) is 0 Å². The molecule has 1 atom stereocenters. The molecule has 0 aliphatic heterocycles. The topological polar surface area (TPSA) is 47.3 Å². The highest BCUT2D eigenvalue weighted by atomic mass is 32.1. The van der Waals surface area contributed by atoms with Crippen molar-refractivity contribution in [2.45, 2.75) is 64.2 Å². The van der Waals surface area contributed by atoms with E-state index in [4.69, 9.17) is 4.98 Å². The quantitative estimate of drug-likeness (QED) is 0.104. The smallest absolute Gasteiger partial charge is 0.387 e. The van der Waals surface area contributed by atoms with E-state index < -0.39 is 24.7 Å². The van der Waals surface area contributed by atoms with Gasteiger partial charge in [0.05, 0.1) is 12.4 Å². The maximum Gasteiger partial charge on any atom is 0.387 e. The summed E-state index contributed by atoms with van der Waals surface area (Å²) in [4.78, 5) is 5.94. The summed E-state index contributed by atoms with van der Waals surface area (Å²) in [6, 6.07) is 15.9. The fourth-order valence-corrected chi connectivity index (χ4v) is 5.53. The van der Waals surface area contributed by atoms with Crippen LogP contribution in [0.4, 0.5) is 23.4 Å². The van der Waals surface area contributed by atoms with E-state index in [1.165, 1.54) is 17.0 Å². The lowest BCUT2D eigenvalue weighted by Gasteiger charge is -2.42. The summed E-state index contributed by atoms with van der Waals surface area (Å²) in [7, 11) is 3.84. The summed E-state index contributed by atoms with van der Waals surface area (Å²) >= 11 is 1.71. The van der Waals surface area contributed by atoms with Crippen LogP contribution in [0.25, 0.3) is 0 Å². The van der Waals surface area contributed by atoms with Gasteiger partial charge in [0, 0.05) is 35.0 Å². The first-order chi connectivity index (χ1) is 19.4. The number of benzene rings is 1. The van der Waals surface area contributed by atoms with Gasteiger partial charge < -0.3 is 19.4 Å². The number of hydrogen-bond donors (Lipinski definition) is 1. The second kappa shape index (κ2) is 12.4. The molecule has 1 aromatic carbocycles. The van der Waals surface area contributed by atoms with Gasteiger partial charge in [-0.25, -0.2) is 4.98 Å². The second-order valence-electron chi connectivity index (χ2n) is 10.8. The highest BCUT2D eigenvalue weighted by Gasteiger charge is 2.39. The first kappa shape index (κ1) is 30.2. The van der Waals surface area contributed by atoms with Crippen molar-refractivity contribution < 1.29 is 31.6 Å². The van der Waals surface area contributed by atoms with Gasteiger partial charge in [-0.3, -0.25) is 0 Å². The van der Waals surface area contributed by atoms with Crippen molar-refractivity contribution >= 4 is 17.2 Å². The lowest BCUT2D eigenvalue weighted by molar-refractivity contribution is -0.612. The number of rotatable bonds is 12. The normalized spacial score (nSPS) is 12.9. The Bertz CT molecular complexity index is 1410. The van der Waals surface area contributed by atoms with Crippen molar-refractivity contribution in [2.24, 2.45) is 0 Å². The molecule has 218 valence electrons. The molecule has 0 saturated heterocycles. The zero-order valence-electron chi connectivity index (χ0n) is 23.3. The van der Waals surface area contributed by atoms with Gasteiger partial charge in [-0.05, 0) is 61.0 Å². The van der Waals surface area contributed by atoms with Crippen LogP contribution in [0.15, 0.2) is 78.6 Å². The molecule has 3 aromatic heterocycles. The van der Waals surface area contributed by atoms with Crippen LogP contribution in [0.2, 0.25) is 0 Å². The van der Waals surface area contributed by atoms with Gasteiger partial charge in [0.25, 0.3) is 0 Å². The molecule has 0 spiro atoms. The van der Waals surface area contributed by atoms with Crippen molar-refractivity contribution in [3.8, 4) is 11.5 Å². The van der Waals surface area contributed by atoms with E-state index in [9.17, 15) is 17.6 Å². The Morgan fingerprint density at radius 1 is 0.902 bits per heavy atom. The zero-order chi connectivity index (χ0) is 29.8. The number of ether oxygens (including phenoxy) is 2. The van der Waals surface area contributed by atoms with Crippen molar-refractivity contribution in [3.63, 3.8) is 0 Å². The molecule has 1 unspecified atom stereocenters. The SMILES string of the molecule is [CH2-][n+]1ccc(CC(c2ccc(NC(C)(C)C(C)(C)c3cccs3)nc2)c2ccc(OC(F)F)c(OC(F)F)c2)cc1. The highest BCUT2D eigenvalue weighted by Crippen LogP contribution is 2.40. The van der Waals surface area contributed by atoms with Gasteiger partial charge in [-0.2, -0.15) is 17.6 Å². The molecule has 41 heavy (non-hydrogen) atoms. The molecule has 0 amide bonds. The van der Waals surface area contributed by atoms with E-state index in [1.54, 1.807) is 40.6 Å². The molecule has 4 aromatic rings. The zero-order valence-corrected chi connectivity index (χ0v) is 24.1. The fourth-order valence-electron chi connectivity index (χ4n) is 4.51. The van der Waals surface area contributed by atoms with Gasteiger partial charge in [0.15, 0.2) is 11.5 Å². The third-order valence-corrected chi connectivity index (χ3v) is 8.72. The number of aromatic nitrogens is 2. The van der Waals surface area contributed by atoms with Gasteiger partial charge >= 0.3 is 13.2 Å². The van der Waals surface area contributed by atoms with Crippen LogP contribution >= 0.6 is 11.3 Å². The minimum atomic E-state index is -3.21. The number of thiophene rings is 1. The molecule has 1 N–H and O–H groups in total. The Kier molecular flexibility index (Phi) is 9.11. The van der Waals surface area contributed by atoms with Crippen molar-refractivity contribution in [2.75, 3.05) is 5.32 Å². The number of nitrogens with one attached hydrogen (secondary N) is 1. The monoisotopic (exact) mass is 587 g/mol. The van der Waals surface area contributed by atoms with Crippen LogP contribution in [0.3, 0.4) is 0 Å². The maximum absolute atomic E-state index is 13.1. The van der Waals surface area contributed by atoms with E-state index >= 15 is 0 Å². The molecule has 0 aliphatic carbocycles. The Balaban J connectivity index is 1.67. The van der Waals surface area contributed by atoms with E-state index in [0.29, 0.717) is 17.8 Å². The van der Waals surface area contributed by atoms with Crippen LogP contribution in [-0.2, 0) is 11.8 Å². The average molecular weight is 588 g/mol. The summed E-state index contributed by atoms with van der Waals surface area (Å²) in [5.41, 5.74) is 1.81. The molecule has 0 radical (unpaired) electrons. The van der Waals surface area contributed by atoms with Crippen LogP contribution in [-0.4, -0.2) is 23.7 Å². The molecular formula is C31H33F4N3O2S. The molecule has 3 heterocycles. The Hall–Kier alpha value is -3.79. The number of nitrogens with zero attached hydrogens (tertiary/aromatic N) is 2. The van der Waals surface area contributed by atoms with Gasteiger partial charge in [-0.1, -0.05) is 49.7 Å². The van der Waals surface area contributed by atoms with E-state index in [2.05, 4.69) is 61.0 Å². The lowest BCUT2D eigenvalue weighted by Crippen LogP contribution is -2.48. The Morgan fingerprint density at radius 2 is 1.56 bits per heavy atom. The summed E-state index contributed by atoms with van der Waals surface area (Å²) in [5, 5.41) is 5.62. The maximum atomic E-state index is 13.1. The summed E-state index contributed by atoms with van der Waals surface area (Å²) in [6.07, 6.45) is 5.83. The third kappa shape index (κ3) is 7.30. The molecule has 0 bridgehead atoms. The summed E-state index contributed by atoms with van der Waals surface area (Å²) in [5.74, 6) is -0.597. The summed E-state index contributed by atoms with van der Waals surface area (Å²) < 4.78 is 62.7. The predicted molar refractivity (Wildman–Crippen MR) is 152 cm³/mol. The van der Waals surface area contributed by atoms with Crippen LogP contribution < -0.4 is 19.4 Å². The first-order valence-corrected chi connectivity index (χ1v) is 13.9. The van der Waals surface area contributed by atoms with Crippen LogP contribution in [0, 0.1) is 7.05 Å². The average Bonchev–Trinajstić information content (AvgIpc) is 3.45. The lowest BCUT2D eigenvalue weighted by atomic mass is 9.73. The van der Waals surface area contributed by atoms with E-state index in [-0.39, 0.29) is 16.9 Å². The van der Waals surface area contributed by atoms with E-state index in [0.717, 1.165) is 11.1 Å². The molecule has 10 heteroatoms. The minimum absolute atomic E-state index is 0.189. The first-order valence-electron chi connectivity index (χ1n) is 13.0. The molecule has 4 rings (SSSR count). The largest absolute Gasteiger partial charge is 0.431 e. The Labute approximate surface area is 241 Å². The van der Waals surface area contributed by atoms with Gasteiger partial charge in [0.2, 0.25) is 0 Å².